The van der Waals surface area contributed by atoms with Gasteiger partial charge >= 0.3 is 0 Å². The molecule has 1 fully saturated rings. The lowest BCUT2D eigenvalue weighted by atomic mass is 10.1. The largest absolute Gasteiger partial charge is 0.381 e. The third-order valence-electron chi connectivity index (χ3n) is 2.63. The zero-order valence-electron chi connectivity index (χ0n) is 8.57. The molecule has 1 unspecified atom stereocenters. The van der Waals surface area contributed by atoms with E-state index < -0.39 is 0 Å². The Bertz CT molecular complexity index is 279. The lowest BCUT2D eigenvalue weighted by Gasteiger charge is -2.10. The maximum atomic E-state index is 5.32. The highest BCUT2D eigenvalue weighted by Gasteiger charge is 2.15. The van der Waals surface area contributed by atoms with Gasteiger partial charge in [-0.15, -0.1) is 0 Å². The minimum atomic E-state index is 0.650. The van der Waals surface area contributed by atoms with Gasteiger partial charge in [0.25, 0.3) is 0 Å². The van der Waals surface area contributed by atoms with Crippen LogP contribution in [0.2, 0.25) is 0 Å². The molecule has 1 aromatic rings. The Hall–Kier alpha value is -1.03. The summed E-state index contributed by atoms with van der Waals surface area (Å²) in [6.07, 6.45) is 4.99. The molecular formula is C10H17N3O. The van der Waals surface area contributed by atoms with Gasteiger partial charge in [-0.2, -0.15) is 0 Å². The van der Waals surface area contributed by atoms with Gasteiger partial charge in [0.1, 0.15) is 0 Å². The molecule has 1 atom stereocenters. The summed E-state index contributed by atoms with van der Waals surface area (Å²) in [7, 11) is 0. The van der Waals surface area contributed by atoms with Crippen LogP contribution in [0.4, 0.5) is 5.95 Å². The predicted molar refractivity (Wildman–Crippen MR) is 55.3 cm³/mol. The van der Waals surface area contributed by atoms with Crippen molar-refractivity contribution in [1.29, 1.82) is 0 Å². The van der Waals surface area contributed by atoms with E-state index in [2.05, 4.69) is 21.8 Å². The lowest BCUT2D eigenvalue weighted by molar-refractivity contribution is 0.187. The molecule has 1 saturated heterocycles. The van der Waals surface area contributed by atoms with Crippen molar-refractivity contribution in [2.24, 2.45) is 5.92 Å². The monoisotopic (exact) mass is 195 g/mol. The molecule has 4 nitrogen and oxygen atoms in total. The summed E-state index contributed by atoms with van der Waals surface area (Å²) in [5.74, 6) is 1.62. The topological polar surface area (TPSA) is 39.1 Å². The second-order valence-electron chi connectivity index (χ2n) is 3.65. The third kappa shape index (κ3) is 2.07. The molecule has 0 bridgehead atoms. The molecule has 0 spiro atoms. The van der Waals surface area contributed by atoms with Crippen LogP contribution >= 0.6 is 0 Å². The van der Waals surface area contributed by atoms with Gasteiger partial charge in [-0.3, -0.25) is 0 Å². The normalized spacial score (nSPS) is 21.4. The number of rotatable bonds is 4. The second-order valence-corrected chi connectivity index (χ2v) is 3.65. The van der Waals surface area contributed by atoms with E-state index in [0.29, 0.717) is 5.92 Å². The van der Waals surface area contributed by atoms with Gasteiger partial charge in [0.15, 0.2) is 0 Å². The average Bonchev–Trinajstić information content (AvgIpc) is 2.85. The molecule has 0 saturated carbocycles. The zero-order valence-corrected chi connectivity index (χ0v) is 8.57. The molecule has 0 aliphatic carbocycles. The van der Waals surface area contributed by atoms with Gasteiger partial charge in [-0.1, -0.05) is 0 Å². The highest BCUT2D eigenvalue weighted by atomic mass is 16.5. The van der Waals surface area contributed by atoms with Crippen molar-refractivity contribution in [3.8, 4) is 0 Å². The predicted octanol–water partition coefficient (Wildman–Crippen LogP) is 1.35. The molecule has 2 heterocycles. The van der Waals surface area contributed by atoms with Crippen LogP contribution < -0.4 is 5.32 Å². The average molecular weight is 195 g/mol. The number of imidazole rings is 1. The molecule has 78 valence electrons. The van der Waals surface area contributed by atoms with E-state index in [-0.39, 0.29) is 0 Å². The quantitative estimate of drug-likeness (QED) is 0.788. The van der Waals surface area contributed by atoms with Crippen LogP contribution in [0.5, 0.6) is 0 Å². The number of ether oxygens (including phenoxy) is 1. The summed E-state index contributed by atoms with van der Waals surface area (Å²) in [4.78, 5) is 4.26. The molecule has 4 heteroatoms. The first-order valence-corrected chi connectivity index (χ1v) is 5.23. The highest BCUT2D eigenvalue weighted by Crippen LogP contribution is 2.13. The molecule has 0 amide bonds. The van der Waals surface area contributed by atoms with Crippen LogP contribution in [-0.4, -0.2) is 29.3 Å². The first kappa shape index (κ1) is 9.52. The first-order chi connectivity index (χ1) is 6.90. The summed E-state index contributed by atoms with van der Waals surface area (Å²) in [6, 6.07) is 0. The van der Waals surface area contributed by atoms with E-state index in [1.54, 1.807) is 0 Å². The van der Waals surface area contributed by atoms with Gasteiger partial charge in [-0.05, 0) is 13.3 Å². The Morgan fingerprint density at radius 1 is 1.71 bits per heavy atom. The maximum absolute atomic E-state index is 5.32. The number of aromatic nitrogens is 2. The summed E-state index contributed by atoms with van der Waals surface area (Å²) in [5.41, 5.74) is 0. The van der Waals surface area contributed by atoms with Crippen molar-refractivity contribution >= 4 is 5.95 Å². The molecule has 1 aromatic heterocycles. The molecular weight excluding hydrogens is 178 g/mol. The number of aryl methyl sites for hydroxylation is 1. The van der Waals surface area contributed by atoms with Crippen molar-refractivity contribution in [2.45, 2.75) is 19.9 Å². The van der Waals surface area contributed by atoms with Crippen molar-refractivity contribution < 1.29 is 4.74 Å². The molecule has 2 rings (SSSR count). The third-order valence-corrected chi connectivity index (χ3v) is 2.63. The summed E-state index contributed by atoms with van der Waals surface area (Å²) >= 11 is 0. The van der Waals surface area contributed by atoms with E-state index in [9.17, 15) is 0 Å². The van der Waals surface area contributed by atoms with Crippen LogP contribution in [0.15, 0.2) is 12.4 Å². The second kappa shape index (κ2) is 4.46. The molecule has 0 radical (unpaired) electrons. The lowest BCUT2D eigenvalue weighted by Crippen LogP contribution is -2.16. The molecule has 0 aromatic carbocycles. The summed E-state index contributed by atoms with van der Waals surface area (Å²) < 4.78 is 7.42. The van der Waals surface area contributed by atoms with Crippen molar-refractivity contribution in [1.82, 2.24) is 9.55 Å². The smallest absolute Gasteiger partial charge is 0.202 e. The Morgan fingerprint density at radius 2 is 2.64 bits per heavy atom. The van der Waals surface area contributed by atoms with E-state index in [1.165, 1.54) is 6.42 Å². The fraction of sp³-hybridized carbons (Fsp3) is 0.700. The Morgan fingerprint density at radius 3 is 3.36 bits per heavy atom. The fourth-order valence-corrected chi connectivity index (χ4v) is 1.71. The van der Waals surface area contributed by atoms with Crippen LogP contribution in [0.1, 0.15) is 13.3 Å². The van der Waals surface area contributed by atoms with Crippen LogP contribution in [0, 0.1) is 5.92 Å². The Balaban J connectivity index is 1.84. The zero-order chi connectivity index (χ0) is 9.80. The standard InChI is InChI=1S/C10H17N3O/c1-2-13-5-4-11-10(13)12-7-9-3-6-14-8-9/h4-5,9H,2-3,6-8H2,1H3,(H,11,12). The van der Waals surface area contributed by atoms with Crippen molar-refractivity contribution in [3.05, 3.63) is 12.4 Å². The molecule has 1 N–H and O–H groups in total. The van der Waals surface area contributed by atoms with Gasteiger partial charge in [0.05, 0.1) is 6.61 Å². The number of hydrogen-bond donors (Lipinski definition) is 1. The number of hydrogen-bond acceptors (Lipinski definition) is 3. The van der Waals surface area contributed by atoms with Gasteiger partial charge in [0, 0.05) is 38.0 Å². The molecule has 14 heavy (non-hydrogen) atoms. The SMILES string of the molecule is CCn1ccnc1NCC1CCOC1. The van der Waals surface area contributed by atoms with Crippen LogP contribution in [-0.2, 0) is 11.3 Å². The number of nitrogens with zero attached hydrogens (tertiary/aromatic N) is 2. The van der Waals surface area contributed by atoms with Gasteiger partial charge in [-0.25, -0.2) is 4.98 Å². The first-order valence-electron chi connectivity index (χ1n) is 5.23. The maximum Gasteiger partial charge on any atom is 0.202 e. The minimum absolute atomic E-state index is 0.650. The Labute approximate surface area is 84.3 Å². The van der Waals surface area contributed by atoms with E-state index in [4.69, 9.17) is 4.74 Å². The van der Waals surface area contributed by atoms with Gasteiger partial charge in [0.2, 0.25) is 5.95 Å². The number of anilines is 1. The van der Waals surface area contributed by atoms with Gasteiger partial charge < -0.3 is 14.6 Å². The minimum Gasteiger partial charge on any atom is -0.381 e. The molecule has 1 aliphatic heterocycles. The van der Waals surface area contributed by atoms with E-state index in [0.717, 1.165) is 32.3 Å². The van der Waals surface area contributed by atoms with Crippen LogP contribution in [0.25, 0.3) is 0 Å². The molecule has 1 aliphatic rings. The van der Waals surface area contributed by atoms with Crippen molar-refractivity contribution in [2.75, 3.05) is 25.1 Å². The van der Waals surface area contributed by atoms with Crippen molar-refractivity contribution in [3.63, 3.8) is 0 Å². The van der Waals surface area contributed by atoms with Crippen LogP contribution in [0.3, 0.4) is 0 Å². The highest BCUT2D eigenvalue weighted by molar-refractivity contribution is 5.25. The number of nitrogens with one attached hydrogen (secondary N) is 1. The Kier molecular flexibility index (Phi) is 3.03. The van der Waals surface area contributed by atoms with E-state index >= 15 is 0 Å². The summed E-state index contributed by atoms with van der Waals surface area (Å²) in [6.45, 7) is 5.85. The summed E-state index contributed by atoms with van der Waals surface area (Å²) in [5, 5.41) is 3.36. The fourth-order valence-electron chi connectivity index (χ4n) is 1.71. The van der Waals surface area contributed by atoms with E-state index in [1.807, 2.05) is 12.4 Å².